The van der Waals surface area contributed by atoms with Crippen LogP contribution in [0, 0.1) is 13.8 Å². The van der Waals surface area contributed by atoms with E-state index in [1.807, 2.05) is 14.0 Å². The molecule has 0 aliphatic carbocycles. The maximum absolute atomic E-state index is 5.96. The molecule has 3 nitrogen and oxygen atoms in total. The summed E-state index contributed by atoms with van der Waals surface area (Å²) >= 11 is 0. The maximum atomic E-state index is 5.96. The van der Waals surface area contributed by atoms with Crippen LogP contribution < -0.4 is 15.8 Å². The summed E-state index contributed by atoms with van der Waals surface area (Å²) in [5.74, 6) is 0.961. The Morgan fingerprint density at radius 1 is 1.25 bits per heavy atom. The molecule has 0 aromatic heterocycles. The minimum atomic E-state index is 0.0807. The van der Waals surface area contributed by atoms with Crippen LogP contribution in [-0.4, -0.2) is 20.2 Å². The van der Waals surface area contributed by atoms with Crippen LogP contribution in [0.5, 0.6) is 5.75 Å². The van der Waals surface area contributed by atoms with E-state index in [1.165, 1.54) is 5.56 Å². The molecule has 0 bridgehead atoms. The van der Waals surface area contributed by atoms with Gasteiger partial charge in [0.15, 0.2) is 0 Å². The van der Waals surface area contributed by atoms with Crippen molar-refractivity contribution < 1.29 is 4.74 Å². The second-order valence-corrected chi connectivity index (χ2v) is 4.31. The first-order valence-electron chi connectivity index (χ1n) is 5.59. The summed E-state index contributed by atoms with van der Waals surface area (Å²) in [6.45, 7) is 6.13. The number of hydrogen-bond donors (Lipinski definition) is 2. The molecule has 1 aromatic carbocycles. The Hall–Kier alpha value is -1.06. The lowest BCUT2D eigenvalue weighted by Crippen LogP contribution is -2.33. The number of methoxy groups -OCH3 is 1. The van der Waals surface area contributed by atoms with Crippen LogP contribution in [0.25, 0.3) is 0 Å². The molecule has 1 rings (SSSR count). The largest absolute Gasteiger partial charge is 0.496 e. The number of rotatable bonds is 4. The molecule has 2 atom stereocenters. The lowest BCUT2D eigenvalue weighted by molar-refractivity contribution is 0.407. The standard InChI is InChI=1S/C13H22N2O/c1-8-6-11(12(15-4)10(3)14)7-9(2)13(8)16-5/h6-7,10,12,15H,14H2,1-5H3. The van der Waals surface area contributed by atoms with E-state index in [1.54, 1.807) is 7.11 Å². The average Bonchev–Trinajstić information content (AvgIpc) is 2.17. The molecule has 2 unspecified atom stereocenters. The zero-order valence-corrected chi connectivity index (χ0v) is 10.8. The molecule has 0 amide bonds. The minimum Gasteiger partial charge on any atom is -0.496 e. The SMILES string of the molecule is CNC(c1cc(C)c(OC)c(C)c1)C(C)N. The number of nitrogens with two attached hydrogens (primary N) is 1. The number of aryl methyl sites for hydroxylation is 2. The number of hydrogen-bond acceptors (Lipinski definition) is 3. The fraction of sp³-hybridized carbons (Fsp3) is 0.538. The fourth-order valence-electron chi connectivity index (χ4n) is 2.22. The van der Waals surface area contributed by atoms with Gasteiger partial charge in [0.2, 0.25) is 0 Å². The highest BCUT2D eigenvalue weighted by Crippen LogP contribution is 2.27. The zero-order chi connectivity index (χ0) is 12.3. The van der Waals surface area contributed by atoms with E-state index in [-0.39, 0.29) is 12.1 Å². The van der Waals surface area contributed by atoms with Crippen molar-refractivity contribution in [3.8, 4) is 5.75 Å². The fourth-order valence-corrected chi connectivity index (χ4v) is 2.22. The van der Waals surface area contributed by atoms with Gasteiger partial charge in [-0.1, -0.05) is 12.1 Å². The van der Waals surface area contributed by atoms with E-state index in [9.17, 15) is 0 Å². The van der Waals surface area contributed by atoms with Gasteiger partial charge >= 0.3 is 0 Å². The molecule has 0 aliphatic rings. The molecule has 0 aliphatic heterocycles. The molecule has 16 heavy (non-hydrogen) atoms. The van der Waals surface area contributed by atoms with Gasteiger partial charge < -0.3 is 15.8 Å². The molecule has 0 saturated heterocycles. The van der Waals surface area contributed by atoms with Gasteiger partial charge in [-0.05, 0) is 44.5 Å². The molecule has 0 radical (unpaired) electrons. The number of likely N-dealkylation sites (N-methyl/N-ethyl adjacent to an activating group) is 1. The minimum absolute atomic E-state index is 0.0807. The Morgan fingerprint density at radius 3 is 2.06 bits per heavy atom. The summed E-state index contributed by atoms with van der Waals surface area (Å²) in [5, 5.41) is 3.24. The normalized spacial score (nSPS) is 14.6. The van der Waals surface area contributed by atoms with Crippen LogP contribution in [-0.2, 0) is 0 Å². The molecule has 0 saturated carbocycles. The zero-order valence-electron chi connectivity index (χ0n) is 10.8. The van der Waals surface area contributed by atoms with Crippen molar-refractivity contribution in [2.75, 3.05) is 14.2 Å². The van der Waals surface area contributed by atoms with Crippen LogP contribution in [0.2, 0.25) is 0 Å². The van der Waals surface area contributed by atoms with Crippen LogP contribution >= 0.6 is 0 Å². The van der Waals surface area contributed by atoms with Crippen molar-refractivity contribution in [3.63, 3.8) is 0 Å². The molecule has 0 fully saturated rings. The summed E-state index contributed by atoms with van der Waals surface area (Å²) in [7, 11) is 3.64. The first-order chi connectivity index (χ1) is 7.51. The van der Waals surface area contributed by atoms with Gasteiger partial charge in [0.25, 0.3) is 0 Å². The van der Waals surface area contributed by atoms with Crippen LogP contribution in [0.4, 0.5) is 0 Å². The third kappa shape index (κ3) is 2.54. The molecule has 1 aromatic rings. The van der Waals surface area contributed by atoms with Gasteiger partial charge in [-0.25, -0.2) is 0 Å². The third-order valence-corrected chi connectivity index (χ3v) is 2.88. The Bertz CT molecular complexity index is 338. The highest BCUT2D eigenvalue weighted by atomic mass is 16.5. The topological polar surface area (TPSA) is 47.3 Å². The van der Waals surface area contributed by atoms with Gasteiger partial charge in [0, 0.05) is 12.1 Å². The van der Waals surface area contributed by atoms with Crippen molar-refractivity contribution in [1.82, 2.24) is 5.32 Å². The maximum Gasteiger partial charge on any atom is 0.124 e. The molecule has 90 valence electrons. The second kappa shape index (κ2) is 5.32. The first-order valence-corrected chi connectivity index (χ1v) is 5.59. The third-order valence-electron chi connectivity index (χ3n) is 2.88. The van der Waals surface area contributed by atoms with Crippen molar-refractivity contribution in [2.24, 2.45) is 5.73 Å². The number of ether oxygens (including phenoxy) is 1. The molecular weight excluding hydrogens is 200 g/mol. The smallest absolute Gasteiger partial charge is 0.124 e. The van der Waals surface area contributed by atoms with Crippen LogP contribution in [0.3, 0.4) is 0 Å². The van der Waals surface area contributed by atoms with E-state index < -0.39 is 0 Å². The van der Waals surface area contributed by atoms with Crippen LogP contribution in [0.1, 0.15) is 29.7 Å². The molecular formula is C13H22N2O. The molecule has 3 heteroatoms. The number of nitrogens with one attached hydrogen (secondary N) is 1. The van der Waals surface area contributed by atoms with Crippen molar-refractivity contribution in [1.29, 1.82) is 0 Å². The van der Waals surface area contributed by atoms with E-state index in [2.05, 4.69) is 31.3 Å². The van der Waals surface area contributed by atoms with Gasteiger partial charge in [0.05, 0.1) is 7.11 Å². The monoisotopic (exact) mass is 222 g/mol. The summed E-state index contributed by atoms with van der Waals surface area (Å²) in [4.78, 5) is 0. The summed E-state index contributed by atoms with van der Waals surface area (Å²) in [5.41, 5.74) is 9.47. The average molecular weight is 222 g/mol. The van der Waals surface area contributed by atoms with Crippen molar-refractivity contribution in [2.45, 2.75) is 32.9 Å². The molecule has 0 spiro atoms. The summed E-state index contributed by atoms with van der Waals surface area (Å²) < 4.78 is 5.35. The van der Waals surface area contributed by atoms with E-state index >= 15 is 0 Å². The second-order valence-electron chi connectivity index (χ2n) is 4.31. The van der Waals surface area contributed by atoms with Gasteiger partial charge in [0.1, 0.15) is 5.75 Å². The summed E-state index contributed by atoms with van der Waals surface area (Å²) in [6, 6.07) is 4.53. The molecule has 3 N–H and O–H groups in total. The highest BCUT2D eigenvalue weighted by molar-refractivity contribution is 5.44. The molecule has 0 heterocycles. The lowest BCUT2D eigenvalue weighted by Gasteiger charge is -2.22. The first kappa shape index (κ1) is 13.0. The Labute approximate surface area is 98.0 Å². The van der Waals surface area contributed by atoms with Crippen molar-refractivity contribution >= 4 is 0 Å². The van der Waals surface area contributed by atoms with Crippen LogP contribution in [0.15, 0.2) is 12.1 Å². The van der Waals surface area contributed by atoms with Gasteiger partial charge in [-0.3, -0.25) is 0 Å². The summed E-state index contributed by atoms with van der Waals surface area (Å²) in [6.07, 6.45) is 0. The van der Waals surface area contributed by atoms with E-state index in [4.69, 9.17) is 10.5 Å². The van der Waals surface area contributed by atoms with Gasteiger partial charge in [-0.15, -0.1) is 0 Å². The predicted molar refractivity (Wildman–Crippen MR) is 67.9 cm³/mol. The van der Waals surface area contributed by atoms with Crippen molar-refractivity contribution in [3.05, 3.63) is 28.8 Å². The van der Waals surface area contributed by atoms with E-state index in [0.29, 0.717) is 0 Å². The van der Waals surface area contributed by atoms with E-state index in [0.717, 1.165) is 16.9 Å². The lowest BCUT2D eigenvalue weighted by atomic mass is 9.96. The van der Waals surface area contributed by atoms with Gasteiger partial charge in [-0.2, -0.15) is 0 Å². The Morgan fingerprint density at radius 2 is 1.75 bits per heavy atom. The predicted octanol–water partition coefficient (Wildman–Crippen LogP) is 1.92. The Kier molecular flexibility index (Phi) is 4.33. The Balaban J connectivity index is 3.16. The number of benzene rings is 1. The quantitative estimate of drug-likeness (QED) is 0.818. The highest BCUT2D eigenvalue weighted by Gasteiger charge is 2.16.